The molecule has 198 valence electrons. The zero-order valence-corrected chi connectivity index (χ0v) is 21.1. The van der Waals surface area contributed by atoms with E-state index in [-0.39, 0.29) is 31.4 Å². The molecule has 2 aromatic carbocycles. The van der Waals surface area contributed by atoms with E-state index in [9.17, 15) is 22.8 Å². The lowest BCUT2D eigenvalue weighted by atomic mass is 10.1. The third-order valence-electron chi connectivity index (χ3n) is 6.00. The number of ether oxygens (including phenoxy) is 1. The molecule has 0 atom stereocenters. The highest BCUT2D eigenvalue weighted by molar-refractivity contribution is 5.83. The van der Waals surface area contributed by atoms with Crippen LogP contribution in [0.1, 0.15) is 35.7 Å². The van der Waals surface area contributed by atoms with Crippen LogP contribution in [0.3, 0.4) is 0 Å². The standard InChI is InChI=1S/C28H32F3N3O3/c1-22(35)34(18-23-9-4-3-5-10-23)21-27(36)33(15-8-16-37-2)20-26-13-7-14-32(26)19-24-11-6-12-25(17-24)28(29,30)31/h3-7,9-14,17H,8,15-16,18-21H2,1-2H3. The molecule has 0 aliphatic rings. The van der Waals surface area contributed by atoms with Gasteiger partial charge in [0.05, 0.1) is 12.1 Å². The van der Waals surface area contributed by atoms with E-state index in [0.717, 1.165) is 23.4 Å². The Morgan fingerprint density at radius 3 is 2.32 bits per heavy atom. The van der Waals surface area contributed by atoms with Crippen LogP contribution in [0, 0.1) is 0 Å². The van der Waals surface area contributed by atoms with Crippen molar-refractivity contribution in [1.82, 2.24) is 14.4 Å². The second kappa shape index (κ2) is 13.1. The molecule has 1 aromatic heterocycles. The molecule has 0 saturated carbocycles. The first kappa shape index (κ1) is 28.0. The van der Waals surface area contributed by atoms with Crippen LogP contribution in [-0.4, -0.2) is 53.0 Å². The maximum absolute atomic E-state index is 13.4. The summed E-state index contributed by atoms with van der Waals surface area (Å²) in [7, 11) is 1.59. The summed E-state index contributed by atoms with van der Waals surface area (Å²) < 4.78 is 46.4. The van der Waals surface area contributed by atoms with Crippen molar-refractivity contribution in [2.75, 3.05) is 26.8 Å². The van der Waals surface area contributed by atoms with Gasteiger partial charge in [0.15, 0.2) is 0 Å². The first-order valence-electron chi connectivity index (χ1n) is 12.0. The second-order valence-corrected chi connectivity index (χ2v) is 8.85. The SMILES string of the molecule is COCCCN(Cc1cccn1Cc1cccc(C(F)(F)F)c1)C(=O)CN(Cc1ccccc1)C(C)=O. The van der Waals surface area contributed by atoms with E-state index in [0.29, 0.717) is 31.7 Å². The molecule has 3 rings (SSSR count). The van der Waals surface area contributed by atoms with Crippen molar-refractivity contribution in [3.05, 3.63) is 95.3 Å². The number of halogens is 3. The molecule has 0 fully saturated rings. The molecule has 1 heterocycles. The monoisotopic (exact) mass is 515 g/mol. The Hall–Kier alpha value is -3.59. The van der Waals surface area contributed by atoms with Crippen LogP contribution in [0.5, 0.6) is 0 Å². The summed E-state index contributed by atoms with van der Waals surface area (Å²) in [4.78, 5) is 28.8. The third kappa shape index (κ3) is 8.49. The van der Waals surface area contributed by atoms with Crippen molar-refractivity contribution in [2.45, 2.75) is 39.2 Å². The average Bonchev–Trinajstić information content (AvgIpc) is 3.29. The van der Waals surface area contributed by atoms with Gasteiger partial charge in [-0.25, -0.2) is 0 Å². The normalized spacial score (nSPS) is 11.4. The molecule has 37 heavy (non-hydrogen) atoms. The van der Waals surface area contributed by atoms with Crippen LogP contribution >= 0.6 is 0 Å². The summed E-state index contributed by atoms with van der Waals surface area (Å²) in [5.74, 6) is -0.420. The minimum Gasteiger partial charge on any atom is -0.385 e. The largest absolute Gasteiger partial charge is 0.416 e. The van der Waals surface area contributed by atoms with Gasteiger partial charge in [0.25, 0.3) is 0 Å². The summed E-state index contributed by atoms with van der Waals surface area (Å²) in [5, 5.41) is 0. The number of methoxy groups -OCH3 is 1. The minimum atomic E-state index is -4.41. The summed E-state index contributed by atoms with van der Waals surface area (Å²) in [5.41, 5.74) is 1.51. The zero-order valence-electron chi connectivity index (χ0n) is 21.1. The molecule has 0 N–H and O–H groups in total. The number of nitrogens with zero attached hydrogens (tertiary/aromatic N) is 3. The van der Waals surface area contributed by atoms with Gasteiger partial charge < -0.3 is 19.1 Å². The molecular formula is C28H32F3N3O3. The molecule has 2 amide bonds. The zero-order chi connectivity index (χ0) is 26.8. The van der Waals surface area contributed by atoms with E-state index in [1.54, 1.807) is 30.3 Å². The molecule has 9 heteroatoms. The minimum absolute atomic E-state index is 0.0778. The van der Waals surface area contributed by atoms with Gasteiger partial charge in [-0.1, -0.05) is 42.5 Å². The highest BCUT2D eigenvalue weighted by Gasteiger charge is 2.30. The van der Waals surface area contributed by atoms with E-state index < -0.39 is 11.7 Å². The van der Waals surface area contributed by atoms with Gasteiger partial charge in [0.2, 0.25) is 11.8 Å². The highest BCUT2D eigenvalue weighted by atomic mass is 19.4. The summed E-state index contributed by atoms with van der Waals surface area (Å²) in [6.45, 7) is 3.05. The van der Waals surface area contributed by atoms with E-state index in [1.165, 1.54) is 17.9 Å². The van der Waals surface area contributed by atoms with Gasteiger partial charge in [0, 0.05) is 52.2 Å². The van der Waals surface area contributed by atoms with Crippen molar-refractivity contribution in [3.8, 4) is 0 Å². The Kier molecular flexibility index (Phi) is 9.91. The predicted molar refractivity (Wildman–Crippen MR) is 134 cm³/mol. The topological polar surface area (TPSA) is 54.8 Å². The quantitative estimate of drug-likeness (QED) is 0.320. The third-order valence-corrected chi connectivity index (χ3v) is 6.00. The number of carbonyl (C=O) groups is 2. The Balaban J connectivity index is 1.75. The Morgan fingerprint density at radius 2 is 1.65 bits per heavy atom. The maximum atomic E-state index is 13.4. The van der Waals surface area contributed by atoms with Gasteiger partial charge >= 0.3 is 6.18 Å². The Bertz CT molecular complexity index is 1160. The number of carbonyl (C=O) groups excluding carboxylic acids is 2. The number of aromatic nitrogens is 1. The van der Waals surface area contributed by atoms with Crippen molar-refractivity contribution in [1.29, 1.82) is 0 Å². The van der Waals surface area contributed by atoms with Gasteiger partial charge in [-0.3, -0.25) is 9.59 Å². The van der Waals surface area contributed by atoms with Gasteiger partial charge in [0.1, 0.15) is 6.54 Å². The van der Waals surface area contributed by atoms with E-state index in [1.807, 2.05) is 41.0 Å². The molecule has 3 aromatic rings. The lowest BCUT2D eigenvalue weighted by Crippen LogP contribution is -2.42. The number of rotatable bonds is 12. The van der Waals surface area contributed by atoms with Crippen molar-refractivity contribution in [2.24, 2.45) is 0 Å². The van der Waals surface area contributed by atoms with Crippen molar-refractivity contribution >= 4 is 11.8 Å². The number of hydrogen-bond donors (Lipinski definition) is 0. The van der Waals surface area contributed by atoms with Crippen LogP contribution in [-0.2, 0) is 40.1 Å². The molecule has 6 nitrogen and oxygen atoms in total. The highest BCUT2D eigenvalue weighted by Crippen LogP contribution is 2.29. The number of hydrogen-bond acceptors (Lipinski definition) is 3. The summed E-state index contributed by atoms with van der Waals surface area (Å²) in [6, 6.07) is 18.3. The first-order chi connectivity index (χ1) is 17.7. The number of amides is 2. The molecule has 0 saturated heterocycles. The van der Waals surface area contributed by atoms with E-state index in [2.05, 4.69) is 0 Å². The van der Waals surface area contributed by atoms with Crippen LogP contribution in [0.25, 0.3) is 0 Å². The fourth-order valence-electron chi connectivity index (χ4n) is 4.02. The number of alkyl halides is 3. The molecule has 0 unspecified atom stereocenters. The average molecular weight is 516 g/mol. The fourth-order valence-corrected chi connectivity index (χ4v) is 4.02. The summed E-state index contributed by atoms with van der Waals surface area (Å²) in [6.07, 6.45) is -2.03. The smallest absolute Gasteiger partial charge is 0.385 e. The van der Waals surface area contributed by atoms with E-state index >= 15 is 0 Å². The Morgan fingerprint density at radius 1 is 0.919 bits per heavy atom. The van der Waals surface area contributed by atoms with Crippen LogP contribution < -0.4 is 0 Å². The maximum Gasteiger partial charge on any atom is 0.416 e. The lowest BCUT2D eigenvalue weighted by Gasteiger charge is -2.28. The van der Waals surface area contributed by atoms with Crippen LogP contribution in [0.15, 0.2) is 72.9 Å². The van der Waals surface area contributed by atoms with Gasteiger partial charge in [-0.2, -0.15) is 13.2 Å². The van der Waals surface area contributed by atoms with E-state index in [4.69, 9.17) is 4.74 Å². The van der Waals surface area contributed by atoms with Crippen molar-refractivity contribution < 1.29 is 27.5 Å². The molecular weight excluding hydrogens is 483 g/mol. The number of benzene rings is 2. The van der Waals surface area contributed by atoms with Gasteiger partial charge in [-0.05, 0) is 41.8 Å². The van der Waals surface area contributed by atoms with Crippen LogP contribution in [0.2, 0.25) is 0 Å². The fraction of sp³-hybridized carbons (Fsp3) is 0.357. The Labute approximate surface area is 215 Å². The molecule has 0 aliphatic carbocycles. The molecule has 0 aliphatic heterocycles. The van der Waals surface area contributed by atoms with Crippen molar-refractivity contribution in [3.63, 3.8) is 0 Å². The molecule has 0 radical (unpaired) electrons. The van der Waals surface area contributed by atoms with Crippen LogP contribution in [0.4, 0.5) is 13.2 Å². The molecule has 0 bridgehead atoms. The van der Waals surface area contributed by atoms with Gasteiger partial charge in [-0.15, -0.1) is 0 Å². The predicted octanol–water partition coefficient (Wildman–Crippen LogP) is 4.97. The first-order valence-corrected chi connectivity index (χ1v) is 12.0. The molecule has 0 spiro atoms. The lowest BCUT2D eigenvalue weighted by molar-refractivity contribution is -0.140. The summed E-state index contributed by atoms with van der Waals surface area (Å²) >= 11 is 0. The second-order valence-electron chi connectivity index (χ2n) is 8.85.